The van der Waals surface area contributed by atoms with Crippen LogP contribution in [-0.2, 0) is 6.42 Å². The predicted molar refractivity (Wildman–Crippen MR) is 75.7 cm³/mol. The molecule has 0 aliphatic rings. The quantitative estimate of drug-likeness (QED) is 0.835. The zero-order valence-corrected chi connectivity index (χ0v) is 11.2. The summed E-state index contributed by atoms with van der Waals surface area (Å²) in [6, 6.07) is 9.40. The fourth-order valence-electron chi connectivity index (χ4n) is 1.73. The first kappa shape index (κ1) is 13.2. The Morgan fingerprint density at radius 1 is 1.16 bits per heavy atom. The summed E-state index contributed by atoms with van der Waals surface area (Å²) in [4.78, 5) is 4.17. The summed E-state index contributed by atoms with van der Waals surface area (Å²) in [5.74, 6) is 1.64. The number of hydrogen-bond acceptors (Lipinski definition) is 4. The zero-order valence-electron chi connectivity index (χ0n) is 11.2. The Labute approximate surface area is 113 Å². The van der Waals surface area contributed by atoms with E-state index in [0.29, 0.717) is 29.7 Å². The maximum absolute atomic E-state index is 5.98. The molecule has 2 N–H and O–H groups in total. The molecule has 0 aliphatic heterocycles. The topological polar surface area (TPSA) is 57.4 Å². The van der Waals surface area contributed by atoms with E-state index in [-0.39, 0.29) is 0 Å². The van der Waals surface area contributed by atoms with E-state index < -0.39 is 0 Å². The van der Waals surface area contributed by atoms with Gasteiger partial charge in [0.05, 0.1) is 12.3 Å². The summed E-state index contributed by atoms with van der Waals surface area (Å²) >= 11 is 0. The molecule has 2 aromatic rings. The number of nitrogen functional groups attached to an aromatic ring is 1. The number of ether oxygens (including phenoxy) is 2. The van der Waals surface area contributed by atoms with E-state index in [9.17, 15) is 0 Å². The molecule has 0 radical (unpaired) electrons. The Balaban J connectivity index is 2.26. The lowest BCUT2D eigenvalue weighted by Gasteiger charge is -2.12. The monoisotopic (exact) mass is 258 g/mol. The van der Waals surface area contributed by atoms with Gasteiger partial charge in [0, 0.05) is 6.20 Å². The van der Waals surface area contributed by atoms with Crippen LogP contribution in [-0.4, -0.2) is 11.6 Å². The normalized spacial score (nSPS) is 10.2. The van der Waals surface area contributed by atoms with Gasteiger partial charge in [0.25, 0.3) is 5.88 Å². The number of anilines is 1. The van der Waals surface area contributed by atoms with Crippen molar-refractivity contribution >= 4 is 5.69 Å². The average molecular weight is 258 g/mol. The highest BCUT2D eigenvalue weighted by molar-refractivity contribution is 5.56. The summed E-state index contributed by atoms with van der Waals surface area (Å²) in [6.07, 6.45) is 2.60. The van der Waals surface area contributed by atoms with Gasteiger partial charge in [0.1, 0.15) is 0 Å². The second-order valence-corrected chi connectivity index (χ2v) is 4.07. The fraction of sp³-hybridized carbons (Fsp3) is 0.267. The first-order chi connectivity index (χ1) is 9.24. The third-order valence-corrected chi connectivity index (χ3v) is 2.73. The van der Waals surface area contributed by atoms with E-state index in [1.807, 2.05) is 31.2 Å². The van der Waals surface area contributed by atoms with Crippen molar-refractivity contribution in [2.45, 2.75) is 20.3 Å². The van der Waals surface area contributed by atoms with Crippen LogP contribution in [0.5, 0.6) is 17.4 Å². The van der Waals surface area contributed by atoms with Crippen LogP contribution in [0.15, 0.2) is 36.5 Å². The Hall–Kier alpha value is -2.23. The summed E-state index contributed by atoms with van der Waals surface area (Å²) in [7, 11) is 0. The molecule has 0 atom stereocenters. The van der Waals surface area contributed by atoms with Gasteiger partial charge in [-0.1, -0.05) is 13.0 Å². The Bertz CT molecular complexity index is 556. The van der Waals surface area contributed by atoms with Gasteiger partial charge in [-0.05, 0) is 43.2 Å². The third-order valence-electron chi connectivity index (χ3n) is 2.73. The van der Waals surface area contributed by atoms with E-state index in [1.165, 1.54) is 5.56 Å². The van der Waals surface area contributed by atoms with Crippen molar-refractivity contribution in [2.75, 3.05) is 12.3 Å². The van der Waals surface area contributed by atoms with E-state index in [0.717, 1.165) is 6.42 Å². The number of benzene rings is 1. The smallest absolute Gasteiger partial charge is 0.262 e. The molecule has 1 aromatic heterocycles. The Morgan fingerprint density at radius 2 is 2.00 bits per heavy atom. The molecular formula is C15H18N2O2. The van der Waals surface area contributed by atoms with Crippen LogP contribution in [0, 0.1) is 0 Å². The second-order valence-electron chi connectivity index (χ2n) is 4.07. The summed E-state index contributed by atoms with van der Waals surface area (Å²) in [5.41, 5.74) is 7.76. The van der Waals surface area contributed by atoms with Gasteiger partial charge in [-0.2, -0.15) is 0 Å². The van der Waals surface area contributed by atoms with Crippen LogP contribution < -0.4 is 15.2 Å². The van der Waals surface area contributed by atoms with Crippen LogP contribution in [0.4, 0.5) is 5.69 Å². The zero-order chi connectivity index (χ0) is 13.7. The first-order valence-corrected chi connectivity index (χ1v) is 6.38. The highest BCUT2D eigenvalue weighted by atomic mass is 16.5. The Kier molecular flexibility index (Phi) is 4.23. The van der Waals surface area contributed by atoms with Crippen molar-refractivity contribution in [1.82, 2.24) is 4.98 Å². The van der Waals surface area contributed by atoms with Crippen molar-refractivity contribution in [3.63, 3.8) is 0 Å². The van der Waals surface area contributed by atoms with Gasteiger partial charge in [-0.25, -0.2) is 4.98 Å². The van der Waals surface area contributed by atoms with Crippen LogP contribution >= 0.6 is 0 Å². The molecular weight excluding hydrogens is 240 g/mol. The van der Waals surface area contributed by atoms with Crippen LogP contribution in [0.25, 0.3) is 0 Å². The van der Waals surface area contributed by atoms with Crippen molar-refractivity contribution in [3.05, 3.63) is 42.1 Å². The minimum atomic E-state index is 0.431. The van der Waals surface area contributed by atoms with E-state index in [1.54, 1.807) is 12.3 Å². The number of nitrogens with two attached hydrogens (primary N) is 1. The molecule has 0 spiro atoms. The fourth-order valence-corrected chi connectivity index (χ4v) is 1.73. The van der Waals surface area contributed by atoms with Gasteiger partial charge in [0.15, 0.2) is 11.5 Å². The number of aromatic nitrogens is 1. The number of rotatable bonds is 5. The third kappa shape index (κ3) is 3.16. The van der Waals surface area contributed by atoms with E-state index >= 15 is 0 Å². The molecule has 0 saturated heterocycles. The number of hydrogen-bond donors (Lipinski definition) is 1. The lowest BCUT2D eigenvalue weighted by molar-refractivity contribution is 0.316. The molecule has 1 aromatic carbocycles. The lowest BCUT2D eigenvalue weighted by atomic mass is 10.1. The molecule has 0 amide bonds. The minimum absolute atomic E-state index is 0.431. The molecule has 19 heavy (non-hydrogen) atoms. The van der Waals surface area contributed by atoms with E-state index in [2.05, 4.69) is 11.9 Å². The molecule has 4 heteroatoms. The van der Waals surface area contributed by atoms with Crippen LogP contribution in [0.3, 0.4) is 0 Å². The maximum atomic E-state index is 5.98. The molecule has 4 nitrogen and oxygen atoms in total. The van der Waals surface area contributed by atoms with Gasteiger partial charge in [-0.15, -0.1) is 0 Å². The summed E-state index contributed by atoms with van der Waals surface area (Å²) in [6.45, 7) is 4.56. The van der Waals surface area contributed by atoms with Gasteiger partial charge in [-0.3, -0.25) is 0 Å². The molecule has 0 saturated carbocycles. The summed E-state index contributed by atoms with van der Waals surface area (Å²) < 4.78 is 11.2. The molecule has 0 fully saturated rings. The summed E-state index contributed by atoms with van der Waals surface area (Å²) in [5, 5.41) is 0. The van der Waals surface area contributed by atoms with Crippen LogP contribution in [0.1, 0.15) is 19.4 Å². The number of pyridine rings is 1. The largest absolute Gasteiger partial charge is 0.488 e. The lowest BCUT2D eigenvalue weighted by Crippen LogP contribution is -1.99. The first-order valence-electron chi connectivity index (χ1n) is 6.38. The number of aryl methyl sites for hydroxylation is 1. The highest BCUT2D eigenvalue weighted by Gasteiger charge is 2.09. The van der Waals surface area contributed by atoms with Crippen molar-refractivity contribution in [1.29, 1.82) is 0 Å². The van der Waals surface area contributed by atoms with E-state index in [4.69, 9.17) is 15.2 Å². The molecule has 0 unspecified atom stereocenters. The Morgan fingerprint density at radius 3 is 2.68 bits per heavy atom. The predicted octanol–water partition coefficient (Wildman–Crippen LogP) is 3.42. The number of nitrogens with zero attached hydrogens (tertiary/aromatic N) is 1. The standard InChI is InChI=1S/C15H18N2O2/c1-3-11-7-8-13(12(16)10-11)19-15-14(18-4-2)6-5-9-17-15/h5-10H,3-4,16H2,1-2H3. The molecule has 0 bridgehead atoms. The van der Waals surface area contributed by atoms with Gasteiger partial charge in [0.2, 0.25) is 0 Å². The SMILES string of the molecule is CCOc1cccnc1Oc1ccc(CC)cc1N. The molecule has 1 heterocycles. The molecule has 2 rings (SSSR count). The van der Waals surface area contributed by atoms with Gasteiger partial charge >= 0.3 is 0 Å². The molecule has 100 valence electrons. The molecule has 0 aliphatic carbocycles. The van der Waals surface area contributed by atoms with Crippen LogP contribution in [0.2, 0.25) is 0 Å². The minimum Gasteiger partial charge on any atom is -0.488 e. The van der Waals surface area contributed by atoms with Crippen molar-refractivity contribution in [2.24, 2.45) is 0 Å². The van der Waals surface area contributed by atoms with Crippen molar-refractivity contribution in [3.8, 4) is 17.4 Å². The highest BCUT2D eigenvalue weighted by Crippen LogP contribution is 2.32. The second kappa shape index (κ2) is 6.09. The van der Waals surface area contributed by atoms with Crippen molar-refractivity contribution < 1.29 is 9.47 Å². The van der Waals surface area contributed by atoms with Gasteiger partial charge < -0.3 is 15.2 Å². The average Bonchev–Trinajstić information content (AvgIpc) is 2.43. The maximum Gasteiger partial charge on any atom is 0.262 e.